The lowest BCUT2D eigenvalue weighted by Crippen LogP contribution is -2.54. The van der Waals surface area contributed by atoms with E-state index in [0.717, 1.165) is 12.8 Å². The molecule has 0 radical (unpaired) electrons. The van der Waals surface area contributed by atoms with Crippen LogP contribution in [0.4, 0.5) is 13.2 Å². The van der Waals surface area contributed by atoms with Crippen LogP contribution >= 0.6 is 0 Å². The maximum absolute atomic E-state index is 13.2. The van der Waals surface area contributed by atoms with Crippen LogP contribution in [0.3, 0.4) is 0 Å². The molecule has 0 aromatic heterocycles. The molecule has 1 saturated carbocycles. The molecular weight excluding hydrogens is 245 g/mol. The summed E-state index contributed by atoms with van der Waals surface area (Å²) in [5.41, 5.74) is -2.24. The minimum absolute atomic E-state index is 0.0321. The maximum Gasteiger partial charge on any atom is 0.404 e. The van der Waals surface area contributed by atoms with Gasteiger partial charge < -0.3 is 10.2 Å². The molecule has 0 bridgehead atoms. The van der Waals surface area contributed by atoms with Gasteiger partial charge in [-0.2, -0.15) is 13.2 Å². The van der Waals surface area contributed by atoms with Crippen LogP contribution in [0.5, 0.6) is 0 Å². The van der Waals surface area contributed by atoms with E-state index in [9.17, 15) is 18.0 Å². The van der Waals surface area contributed by atoms with Crippen LogP contribution in [0.15, 0.2) is 12.7 Å². The van der Waals surface area contributed by atoms with Gasteiger partial charge in [0.1, 0.15) is 0 Å². The standard InChI is InChI=1S/C12H17F3N2O/c1-2-7-17(9-3-4-9)10(18)11(12(13,14)15)5-6-16-8-11/h2,9,16H,1,3-8H2. The van der Waals surface area contributed by atoms with Gasteiger partial charge in [-0.1, -0.05) is 6.08 Å². The fraction of sp³-hybridized carbons (Fsp3) is 0.750. The average molecular weight is 262 g/mol. The highest BCUT2D eigenvalue weighted by Crippen LogP contribution is 2.45. The first-order chi connectivity index (χ1) is 8.42. The van der Waals surface area contributed by atoms with Gasteiger partial charge in [0.05, 0.1) is 0 Å². The summed E-state index contributed by atoms with van der Waals surface area (Å²) in [5, 5.41) is 2.66. The third-order valence-corrected chi connectivity index (χ3v) is 3.68. The minimum atomic E-state index is -4.50. The Balaban J connectivity index is 2.24. The van der Waals surface area contributed by atoms with Gasteiger partial charge in [0.15, 0.2) is 5.41 Å². The van der Waals surface area contributed by atoms with Gasteiger partial charge in [0.2, 0.25) is 5.91 Å². The summed E-state index contributed by atoms with van der Waals surface area (Å²) in [6.07, 6.45) is -1.60. The molecule has 102 valence electrons. The van der Waals surface area contributed by atoms with Crippen molar-refractivity contribution in [2.75, 3.05) is 19.6 Å². The predicted octanol–water partition coefficient (Wildman–Crippen LogP) is 1.71. The summed E-state index contributed by atoms with van der Waals surface area (Å²) in [6.45, 7) is 3.63. The third kappa shape index (κ3) is 2.13. The van der Waals surface area contributed by atoms with Crippen molar-refractivity contribution in [2.24, 2.45) is 5.41 Å². The van der Waals surface area contributed by atoms with Gasteiger partial charge in [-0.25, -0.2) is 0 Å². The fourth-order valence-electron chi connectivity index (χ4n) is 2.44. The van der Waals surface area contributed by atoms with Crippen LogP contribution in [-0.4, -0.2) is 42.7 Å². The number of halogens is 3. The summed E-state index contributed by atoms with van der Waals surface area (Å²) in [4.78, 5) is 13.6. The minimum Gasteiger partial charge on any atom is -0.335 e. The van der Waals surface area contributed by atoms with Gasteiger partial charge in [-0.15, -0.1) is 6.58 Å². The smallest absolute Gasteiger partial charge is 0.335 e. The van der Waals surface area contributed by atoms with E-state index in [1.54, 1.807) is 0 Å². The van der Waals surface area contributed by atoms with Crippen LogP contribution in [0.1, 0.15) is 19.3 Å². The molecule has 0 aromatic rings. The summed E-state index contributed by atoms with van der Waals surface area (Å²) in [5.74, 6) is -0.789. The third-order valence-electron chi connectivity index (χ3n) is 3.68. The van der Waals surface area contributed by atoms with Crippen LogP contribution in [0.2, 0.25) is 0 Å². The van der Waals surface area contributed by atoms with Crippen molar-refractivity contribution in [1.29, 1.82) is 0 Å². The molecule has 1 unspecified atom stereocenters. The number of hydrogen-bond donors (Lipinski definition) is 1. The molecule has 0 aromatic carbocycles. The number of rotatable bonds is 4. The Morgan fingerprint density at radius 2 is 2.17 bits per heavy atom. The number of carbonyl (C=O) groups is 1. The van der Waals surface area contributed by atoms with Crippen molar-refractivity contribution in [2.45, 2.75) is 31.5 Å². The molecule has 1 atom stereocenters. The molecule has 18 heavy (non-hydrogen) atoms. The Kier molecular flexibility index (Phi) is 3.40. The fourth-order valence-corrected chi connectivity index (χ4v) is 2.44. The molecule has 3 nitrogen and oxygen atoms in total. The van der Waals surface area contributed by atoms with E-state index in [4.69, 9.17) is 0 Å². The zero-order valence-corrected chi connectivity index (χ0v) is 10.1. The van der Waals surface area contributed by atoms with E-state index in [1.165, 1.54) is 11.0 Å². The second-order valence-electron chi connectivity index (χ2n) is 4.98. The molecule has 2 rings (SSSR count). The number of nitrogens with one attached hydrogen (secondary N) is 1. The van der Waals surface area contributed by atoms with E-state index < -0.39 is 17.5 Å². The van der Waals surface area contributed by atoms with Gasteiger partial charge >= 0.3 is 6.18 Å². The van der Waals surface area contributed by atoms with Crippen LogP contribution in [0, 0.1) is 5.41 Å². The Labute approximate surface area is 104 Å². The molecule has 1 aliphatic carbocycles. The summed E-state index contributed by atoms with van der Waals surface area (Å²) >= 11 is 0. The number of nitrogens with zero attached hydrogens (tertiary/aromatic N) is 1. The molecule has 0 spiro atoms. The highest BCUT2D eigenvalue weighted by Gasteiger charge is 2.63. The molecular formula is C12H17F3N2O. The SMILES string of the molecule is C=CCN(C(=O)C1(C(F)(F)F)CCNC1)C1CC1. The number of alkyl halides is 3. The molecule has 1 saturated heterocycles. The quantitative estimate of drug-likeness (QED) is 0.782. The van der Waals surface area contributed by atoms with Crippen LogP contribution < -0.4 is 5.32 Å². The number of amides is 1. The Morgan fingerprint density at radius 3 is 2.56 bits per heavy atom. The molecule has 1 amide bonds. The van der Waals surface area contributed by atoms with Gasteiger partial charge in [-0.3, -0.25) is 4.79 Å². The second-order valence-corrected chi connectivity index (χ2v) is 4.98. The summed E-state index contributed by atoms with van der Waals surface area (Å²) < 4.78 is 39.7. The average Bonchev–Trinajstić information content (AvgIpc) is 2.99. The lowest BCUT2D eigenvalue weighted by atomic mass is 9.84. The van der Waals surface area contributed by atoms with Crippen molar-refractivity contribution in [3.05, 3.63) is 12.7 Å². The van der Waals surface area contributed by atoms with Crippen molar-refractivity contribution >= 4 is 5.91 Å². The first-order valence-corrected chi connectivity index (χ1v) is 6.12. The molecule has 1 aliphatic heterocycles. The lowest BCUT2D eigenvalue weighted by Gasteiger charge is -2.35. The van der Waals surface area contributed by atoms with E-state index in [0.29, 0.717) is 0 Å². The maximum atomic E-state index is 13.2. The first kappa shape index (κ1) is 13.4. The van der Waals surface area contributed by atoms with Crippen molar-refractivity contribution in [3.8, 4) is 0 Å². The lowest BCUT2D eigenvalue weighted by molar-refractivity contribution is -0.221. The van der Waals surface area contributed by atoms with Crippen molar-refractivity contribution in [3.63, 3.8) is 0 Å². The Morgan fingerprint density at radius 1 is 1.50 bits per heavy atom. The van der Waals surface area contributed by atoms with Crippen LogP contribution in [-0.2, 0) is 4.79 Å². The second kappa shape index (κ2) is 4.57. The summed E-state index contributed by atoms with van der Waals surface area (Å²) in [6, 6.07) is -0.0321. The number of hydrogen-bond acceptors (Lipinski definition) is 2. The normalized spacial score (nSPS) is 28.2. The zero-order valence-electron chi connectivity index (χ0n) is 10.1. The molecule has 2 aliphatic rings. The van der Waals surface area contributed by atoms with Crippen LogP contribution in [0.25, 0.3) is 0 Å². The zero-order chi connectivity index (χ0) is 13.4. The predicted molar refractivity (Wildman–Crippen MR) is 60.9 cm³/mol. The Hall–Kier alpha value is -1.04. The Bertz CT molecular complexity index is 344. The summed E-state index contributed by atoms with van der Waals surface area (Å²) in [7, 11) is 0. The molecule has 1 N–H and O–H groups in total. The number of carbonyl (C=O) groups excluding carboxylic acids is 1. The largest absolute Gasteiger partial charge is 0.404 e. The van der Waals surface area contributed by atoms with E-state index in [-0.39, 0.29) is 32.1 Å². The molecule has 6 heteroatoms. The van der Waals surface area contributed by atoms with Gasteiger partial charge in [-0.05, 0) is 25.8 Å². The first-order valence-electron chi connectivity index (χ1n) is 6.12. The highest BCUT2D eigenvalue weighted by atomic mass is 19.4. The molecule has 2 fully saturated rings. The van der Waals surface area contributed by atoms with Gasteiger partial charge in [0, 0.05) is 19.1 Å². The van der Waals surface area contributed by atoms with E-state index in [1.807, 2.05) is 0 Å². The van der Waals surface area contributed by atoms with Gasteiger partial charge in [0.25, 0.3) is 0 Å². The van der Waals surface area contributed by atoms with E-state index in [2.05, 4.69) is 11.9 Å². The monoisotopic (exact) mass is 262 g/mol. The van der Waals surface area contributed by atoms with E-state index >= 15 is 0 Å². The highest BCUT2D eigenvalue weighted by molar-refractivity contribution is 5.85. The topological polar surface area (TPSA) is 32.3 Å². The van der Waals surface area contributed by atoms with Crippen molar-refractivity contribution < 1.29 is 18.0 Å². The molecule has 1 heterocycles. The van der Waals surface area contributed by atoms with Crippen molar-refractivity contribution in [1.82, 2.24) is 10.2 Å².